The molecule has 0 atom stereocenters. The molecule has 2 aliphatic carbocycles. The molecule has 4 heteroatoms. The maximum atomic E-state index is 6.69. The number of hydrogen-bond acceptors (Lipinski definition) is 4. The Kier molecular flexibility index (Phi) is 7.84. The van der Waals surface area contributed by atoms with Gasteiger partial charge < -0.3 is 18.9 Å². The first-order chi connectivity index (χ1) is 11.9. The Bertz CT molecular complexity index is 303. The van der Waals surface area contributed by atoms with E-state index in [9.17, 15) is 0 Å². The van der Waals surface area contributed by atoms with Gasteiger partial charge in [0.05, 0.1) is 51.8 Å². The van der Waals surface area contributed by atoms with Gasteiger partial charge in [-0.15, -0.1) is 0 Å². The summed E-state index contributed by atoms with van der Waals surface area (Å²) in [6, 6.07) is 0. The van der Waals surface area contributed by atoms with Crippen molar-refractivity contribution in [2.75, 3.05) is 46.2 Å². The van der Waals surface area contributed by atoms with Crippen LogP contribution in [0.2, 0.25) is 0 Å². The Hall–Kier alpha value is -0.160. The van der Waals surface area contributed by atoms with Gasteiger partial charge in [0.1, 0.15) is 0 Å². The summed E-state index contributed by atoms with van der Waals surface area (Å²) in [5.41, 5.74) is -0.0939. The largest absolute Gasteiger partial charge is 0.377 e. The van der Waals surface area contributed by atoms with Crippen LogP contribution in [0.5, 0.6) is 0 Å². The van der Waals surface area contributed by atoms with Crippen LogP contribution in [0.25, 0.3) is 0 Å². The van der Waals surface area contributed by atoms with E-state index in [-0.39, 0.29) is 5.60 Å². The van der Waals surface area contributed by atoms with Crippen molar-refractivity contribution in [2.45, 2.75) is 69.8 Å². The zero-order valence-corrected chi connectivity index (χ0v) is 15.3. The molecule has 3 aliphatic rings. The van der Waals surface area contributed by atoms with Gasteiger partial charge in [-0.2, -0.15) is 0 Å². The van der Waals surface area contributed by atoms with Gasteiger partial charge in [0.25, 0.3) is 0 Å². The molecule has 24 heavy (non-hydrogen) atoms. The summed E-state index contributed by atoms with van der Waals surface area (Å²) in [5.74, 6) is 1.30. The maximum Gasteiger partial charge on any atom is 0.0971 e. The third-order valence-corrected chi connectivity index (χ3v) is 6.26. The second-order valence-corrected chi connectivity index (χ2v) is 7.75. The summed E-state index contributed by atoms with van der Waals surface area (Å²) in [5, 5.41) is 0. The van der Waals surface area contributed by atoms with Gasteiger partial charge in [0.2, 0.25) is 0 Å². The molecule has 4 nitrogen and oxygen atoms in total. The number of hydrogen-bond donors (Lipinski definition) is 0. The molecule has 0 unspecified atom stereocenters. The Morgan fingerprint density at radius 1 is 0.500 bits per heavy atom. The molecule has 0 aromatic heterocycles. The van der Waals surface area contributed by atoms with Crippen LogP contribution in [-0.2, 0) is 18.9 Å². The Labute approximate surface area is 147 Å². The highest BCUT2D eigenvalue weighted by Crippen LogP contribution is 2.45. The van der Waals surface area contributed by atoms with Crippen molar-refractivity contribution in [1.29, 1.82) is 0 Å². The highest BCUT2D eigenvalue weighted by Gasteiger charge is 2.47. The lowest BCUT2D eigenvalue weighted by Crippen LogP contribution is -2.53. The van der Waals surface area contributed by atoms with E-state index in [2.05, 4.69) is 0 Å². The normalized spacial score (nSPS) is 29.5. The zero-order valence-electron chi connectivity index (χ0n) is 15.3. The van der Waals surface area contributed by atoms with Crippen LogP contribution in [0, 0.1) is 11.8 Å². The molecule has 140 valence electrons. The van der Waals surface area contributed by atoms with Gasteiger partial charge in [-0.25, -0.2) is 0 Å². The van der Waals surface area contributed by atoms with Gasteiger partial charge in [-0.05, 0) is 37.5 Å². The molecule has 3 rings (SSSR count). The predicted octanol–water partition coefficient (Wildman–Crippen LogP) is 3.97. The molecule has 3 fully saturated rings. The molecule has 1 aliphatic heterocycles. The average molecular weight is 341 g/mol. The van der Waals surface area contributed by atoms with Crippen LogP contribution in [0.4, 0.5) is 0 Å². The van der Waals surface area contributed by atoms with Gasteiger partial charge in [0.15, 0.2) is 0 Å². The van der Waals surface area contributed by atoms with E-state index < -0.39 is 0 Å². The van der Waals surface area contributed by atoms with E-state index in [4.69, 9.17) is 18.9 Å². The number of rotatable bonds is 2. The highest BCUT2D eigenvalue weighted by molar-refractivity contribution is 4.97. The van der Waals surface area contributed by atoms with Crippen LogP contribution >= 0.6 is 0 Å². The summed E-state index contributed by atoms with van der Waals surface area (Å²) >= 11 is 0. The van der Waals surface area contributed by atoms with Crippen LogP contribution in [0.1, 0.15) is 64.2 Å². The van der Waals surface area contributed by atoms with Crippen molar-refractivity contribution in [1.82, 2.24) is 0 Å². The molecular formula is C20H36O4. The fourth-order valence-corrected chi connectivity index (χ4v) is 4.99. The molecule has 0 spiro atoms. The van der Waals surface area contributed by atoms with Crippen molar-refractivity contribution in [2.24, 2.45) is 11.8 Å². The molecule has 0 bridgehead atoms. The van der Waals surface area contributed by atoms with E-state index in [1.807, 2.05) is 0 Å². The lowest BCUT2D eigenvalue weighted by molar-refractivity contribution is -0.189. The first-order valence-corrected chi connectivity index (χ1v) is 10.3. The van der Waals surface area contributed by atoms with Gasteiger partial charge >= 0.3 is 0 Å². The average Bonchev–Trinajstić information content (AvgIpc) is 2.64. The van der Waals surface area contributed by atoms with Crippen molar-refractivity contribution in [3.05, 3.63) is 0 Å². The third-order valence-electron chi connectivity index (χ3n) is 6.26. The second kappa shape index (κ2) is 10.1. The van der Waals surface area contributed by atoms with Crippen molar-refractivity contribution < 1.29 is 18.9 Å². The fourth-order valence-electron chi connectivity index (χ4n) is 4.99. The lowest BCUT2D eigenvalue weighted by Gasteiger charge is -2.48. The van der Waals surface area contributed by atoms with E-state index in [1.165, 1.54) is 64.2 Å². The van der Waals surface area contributed by atoms with E-state index >= 15 is 0 Å². The van der Waals surface area contributed by atoms with E-state index in [1.54, 1.807) is 0 Å². The molecule has 0 aromatic carbocycles. The van der Waals surface area contributed by atoms with Crippen LogP contribution in [0.3, 0.4) is 0 Å². The predicted molar refractivity (Wildman–Crippen MR) is 94.3 cm³/mol. The molecular weight excluding hydrogens is 304 g/mol. The molecule has 0 radical (unpaired) electrons. The fraction of sp³-hybridized carbons (Fsp3) is 1.00. The second-order valence-electron chi connectivity index (χ2n) is 7.75. The van der Waals surface area contributed by atoms with E-state index in [0.717, 1.165) is 6.61 Å². The first-order valence-electron chi connectivity index (χ1n) is 10.3. The van der Waals surface area contributed by atoms with Gasteiger partial charge in [-0.3, -0.25) is 0 Å². The molecule has 0 amide bonds. The summed E-state index contributed by atoms with van der Waals surface area (Å²) in [6.07, 6.45) is 13.4. The lowest BCUT2D eigenvalue weighted by atomic mass is 9.66. The Morgan fingerprint density at radius 2 is 0.958 bits per heavy atom. The molecule has 1 heterocycles. The quantitative estimate of drug-likeness (QED) is 0.762. The number of ether oxygens (including phenoxy) is 4. The Morgan fingerprint density at radius 3 is 1.50 bits per heavy atom. The topological polar surface area (TPSA) is 36.9 Å². The van der Waals surface area contributed by atoms with Crippen LogP contribution in [0.15, 0.2) is 0 Å². The SMILES string of the molecule is C1CCC(C2(C3CCCCC3)COCCOCCOCCO2)CC1. The van der Waals surface area contributed by atoms with Gasteiger partial charge in [0, 0.05) is 0 Å². The molecule has 1 saturated heterocycles. The van der Waals surface area contributed by atoms with Crippen LogP contribution < -0.4 is 0 Å². The minimum Gasteiger partial charge on any atom is -0.377 e. The van der Waals surface area contributed by atoms with Crippen molar-refractivity contribution in [3.63, 3.8) is 0 Å². The highest BCUT2D eigenvalue weighted by atomic mass is 16.6. The molecule has 0 N–H and O–H groups in total. The molecule has 0 aromatic rings. The summed E-state index contributed by atoms with van der Waals surface area (Å²) in [6.45, 7) is 4.74. The monoisotopic (exact) mass is 340 g/mol. The molecule has 2 saturated carbocycles. The maximum absolute atomic E-state index is 6.69. The van der Waals surface area contributed by atoms with Crippen LogP contribution in [-0.4, -0.2) is 51.8 Å². The summed E-state index contributed by atoms with van der Waals surface area (Å²) in [7, 11) is 0. The van der Waals surface area contributed by atoms with Crippen molar-refractivity contribution in [3.8, 4) is 0 Å². The van der Waals surface area contributed by atoms with Crippen molar-refractivity contribution >= 4 is 0 Å². The summed E-state index contributed by atoms with van der Waals surface area (Å²) in [4.78, 5) is 0. The zero-order chi connectivity index (χ0) is 16.5. The minimum absolute atomic E-state index is 0.0939. The minimum atomic E-state index is -0.0939. The first kappa shape index (κ1) is 18.6. The third kappa shape index (κ3) is 4.94. The van der Waals surface area contributed by atoms with E-state index in [0.29, 0.717) is 51.5 Å². The summed E-state index contributed by atoms with van der Waals surface area (Å²) < 4.78 is 24.1. The smallest absolute Gasteiger partial charge is 0.0971 e. The Balaban J connectivity index is 1.74. The standard InChI is InChI=1S/C20H36O4/c1-3-7-18(8-4-1)20(19-9-5-2-6-10-19)17-23-14-13-21-11-12-22-15-16-24-20/h18-19H,1-17H2. The van der Waals surface area contributed by atoms with Gasteiger partial charge in [-0.1, -0.05) is 38.5 Å².